The highest BCUT2D eigenvalue weighted by atomic mass is 19.1. The van der Waals surface area contributed by atoms with Gasteiger partial charge >= 0.3 is 6.09 Å². The van der Waals surface area contributed by atoms with Gasteiger partial charge < -0.3 is 9.84 Å². The molecule has 2 rings (SSSR count). The Morgan fingerprint density at radius 3 is 2.58 bits per heavy atom. The van der Waals surface area contributed by atoms with E-state index in [1.165, 1.54) is 13.1 Å². The lowest BCUT2D eigenvalue weighted by Crippen LogP contribution is -2.29. The van der Waals surface area contributed by atoms with Crippen LogP contribution in [0.15, 0.2) is 48.5 Å². The highest BCUT2D eigenvalue weighted by Gasteiger charge is 2.17. The van der Waals surface area contributed by atoms with Crippen molar-refractivity contribution in [3.8, 4) is 11.5 Å². The molecule has 0 aliphatic rings. The third-order valence-corrected chi connectivity index (χ3v) is 2.52. The number of carbonyl (C=O) groups is 1. The Kier molecular flexibility index (Phi) is 3.66. The third-order valence-electron chi connectivity index (χ3n) is 2.52. The molecule has 0 spiro atoms. The van der Waals surface area contributed by atoms with Crippen molar-refractivity contribution in [3.63, 3.8) is 0 Å². The number of hydrogen-bond donors (Lipinski definition) is 1. The number of hydrogen-bond acceptors (Lipinski definition) is 3. The fraction of sp³-hybridized carbons (Fsp3) is 0.0714. The molecule has 0 fully saturated rings. The van der Waals surface area contributed by atoms with E-state index in [-0.39, 0.29) is 11.4 Å². The van der Waals surface area contributed by atoms with Crippen molar-refractivity contribution < 1.29 is 19.0 Å². The van der Waals surface area contributed by atoms with Gasteiger partial charge in [0, 0.05) is 13.1 Å². The van der Waals surface area contributed by atoms with Crippen molar-refractivity contribution in [2.75, 3.05) is 11.9 Å². The van der Waals surface area contributed by atoms with E-state index >= 15 is 0 Å². The van der Waals surface area contributed by atoms with Gasteiger partial charge in [0.25, 0.3) is 0 Å². The summed E-state index contributed by atoms with van der Waals surface area (Å²) in [7, 11) is 1.39. The van der Waals surface area contributed by atoms with Gasteiger partial charge in [0.2, 0.25) is 0 Å². The predicted octanol–water partition coefficient (Wildman–Crippen LogP) is 3.17. The topological polar surface area (TPSA) is 49.8 Å². The van der Waals surface area contributed by atoms with Gasteiger partial charge in [-0.15, -0.1) is 0 Å². The van der Waals surface area contributed by atoms with E-state index in [0.717, 1.165) is 17.0 Å². The predicted molar refractivity (Wildman–Crippen MR) is 68.9 cm³/mol. The van der Waals surface area contributed by atoms with Crippen LogP contribution in [-0.2, 0) is 0 Å². The zero-order valence-corrected chi connectivity index (χ0v) is 10.2. The molecule has 2 aromatic carbocycles. The lowest BCUT2D eigenvalue weighted by atomic mass is 10.2. The van der Waals surface area contributed by atoms with E-state index in [1.807, 2.05) is 0 Å². The number of halogens is 1. The number of phenols is 1. The molecule has 0 saturated carbocycles. The Hall–Kier alpha value is -2.56. The molecule has 0 aromatic heterocycles. The van der Waals surface area contributed by atoms with Crippen LogP contribution >= 0.6 is 0 Å². The summed E-state index contributed by atoms with van der Waals surface area (Å²) < 4.78 is 18.2. The van der Waals surface area contributed by atoms with Crippen LogP contribution in [0.4, 0.5) is 14.9 Å². The fourth-order valence-electron chi connectivity index (χ4n) is 1.52. The van der Waals surface area contributed by atoms with Crippen LogP contribution in [0.2, 0.25) is 0 Å². The lowest BCUT2D eigenvalue weighted by molar-refractivity contribution is 0.209. The lowest BCUT2D eigenvalue weighted by Gasteiger charge is -2.17. The molecule has 1 amide bonds. The van der Waals surface area contributed by atoms with Crippen LogP contribution in [0.1, 0.15) is 0 Å². The Morgan fingerprint density at radius 1 is 1.21 bits per heavy atom. The van der Waals surface area contributed by atoms with Gasteiger partial charge in [0.15, 0.2) is 0 Å². The summed E-state index contributed by atoms with van der Waals surface area (Å²) in [6.07, 6.45) is -0.716. The van der Waals surface area contributed by atoms with Crippen molar-refractivity contribution in [1.29, 1.82) is 0 Å². The average Bonchev–Trinajstić information content (AvgIpc) is 2.42. The second kappa shape index (κ2) is 5.39. The van der Waals surface area contributed by atoms with Crippen LogP contribution < -0.4 is 9.64 Å². The molecule has 98 valence electrons. The minimum Gasteiger partial charge on any atom is -0.506 e. The van der Waals surface area contributed by atoms with Gasteiger partial charge in [-0.25, -0.2) is 9.18 Å². The number of ether oxygens (including phenoxy) is 1. The van der Waals surface area contributed by atoms with Gasteiger partial charge in [-0.3, -0.25) is 4.90 Å². The van der Waals surface area contributed by atoms with E-state index < -0.39 is 11.9 Å². The second-order valence-corrected chi connectivity index (χ2v) is 3.87. The molecule has 19 heavy (non-hydrogen) atoms. The maximum Gasteiger partial charge on any atom is 0.419 e. The summed E-state index contributed by atoms with van der Waals surface area (Å²) in [5, 5.41) is 9.60. The molecule has 4 nitrogen and oxygen atoms in total. The first-order valence-electron chi connectivity index (χ1n) is 5.57. The Morgan fingerprint density at radius 2 is 1.89 bits per heavy atom. The Balaban J connectivity index is 2.17. The Bertz CT molecular complexity index is 586. The minimum absolute atomic E-state index is 0.0425. The number of amides is 1. The van der Waals surface area contributed by atoms with E-state index in [4.69, 9.17) is 4.74 Å². The van der Waals surface area contributed by atoms with E-state index in [0.29, 0.717) is 5.75 Å². The van der Waals surface area contributed by atoms with Crippen LogP contribution in [-0.4, -0.2) is 18.2 Å². The van der Waals surface area contributed by atoms with Gasteiger partial charge in [-0.2, -0.15) is 0 Å². The van der Waals surface area contributed by atoms with E-state index in [9.17, 15) is 14.3 Å². The summed E-state index contributed by atoms with van der Waals surface area (Å²) in [6, 6.07) is 11.8. The summed E-state index contributed by atoms with van der Waals surface area (Å²) in [4.78, 5) is 12.9. The standard InChI is InChI=1S/C14H12FNO3/c1-16(12-9-10(15)7-8-13(12)17)14(18)19-11-5-3-2-4-6-11/h2-9,17H,1H3. The van der Waals surface area contributed by atoms with Gasteiger partial charge in [0.05, 0.1) is 5.69 Å². The zero-order chi connectivity index (χ0) is 13.8. The zero-order valence-electron chi connectivity index (χ0n) is 10.2. The molecular weight excluding hydrogens is 249 g/mol. The van der Waals surface area contributed by atoms with Crippen molar-refractivity contribution in [2.45, 2.75) is 0 Å². The number of benzene rings is 2. The van der Waals surface area contributed by atoms with Crippen molar-refractivity contribution in [2.24, 2.45) is 0 Å². The van der Waals surface area contributed by atoms with E-state index in [2.05, 4.69) is 0 Å². The largest absolute Gasteiger partial charge is 0.506 e. The normalized spacial score (nSPS) is 10.0. The molecule has 0 heterocycles. The number of nitrogens with zero attached hydrogens (tertiary/aromatic N) is 1. The first kappa shape index (κ1) is 12.9. The summed E-state index contributed by atoms with van der Waals surface area (Å²) >= 11 is 0. The monoisotopic (exact) mass is 261 g/mol. The van der Waals surface area contributed by atoms with E-state index in [1.54, 1.807) is 30.3 Å². The van der Waals surface area contributed by atoms with Crippen molar-refractivity contribution >= 4 is 11.8 Å². The SMILES string of the molecule is CN(C(=O)Oc1ccccc1)c1cc(F)ccc1O. The molecule has 0 bridgehead atoms. The molecule has 0 aliphatic heterocycles. The first-order valence-corrected chi connectivity index (χ1v) is 5.57. The number of aromatic hydroxyl groups is 1. The van der Waals surface area contributed by atoms with Crippen LogP contribution in [0.5, 0.6) is 11.5 Å². The smallest absolute Gasteiger partial charge is 0.419 e. The maximum atomic E-state index is 13.1. The van der Waals surface area contributed by atoms with Crippen molar-refractivity contribution in [3.05, 3.63) is 54.3 Å². The number of anilines is 1. The number of carbonyl (C=O) groups excluding carboxylic acids is 1. The maximum absolute atomic E-state index is 13.1. The third kappa shape index (κ3) is 3.01. The minimum atomic E-state index is -0.716. The number of phenolic OH excluding ortho intramolecular Hbond substituents is 1. The molecule has 2 aromatic rings. The molecule has 0 saturated heterocycles. The second-order valence-electron chi connectivity index (χ2n) is 3.87. The van der Waals surface area contributed by atoms with Crippen LogP contribution in [0.3, 0.4) is 0 Å². The van der Waals surface area contributed by atoms with Gasteiger partial charge in [-0.05, 0) is 24.3 Å². The number of para-hydroxylation sites is 1. The summed E-state index contributed by atoms with van der Waals surface area (Å²) in [5.41, 5.74) is 0.0425. The molecule has 5 heteroatoms. The van der Waals surface area contributed by atoms with Gasteiger partial charge in [-0.1, -0.05) is 18.2 Å². The van der Waals surface area contributed by atoms with Crippen LogP contribution in [0, 0.1) is 5.82 Å². The molecule has 1 N–H and O–H groups in total. The van der Waals surface area contributed by atoms with Crippen LogP contribution in [0.25, 0.3) is 0 Å². The summed E-state index contributed by atoms with van der Waals surface area (Å²) in [5.74, 6) is -0.378. The highest BCUT2D eigenvalue weighted by Crippen LogP contribution is 2.27. The average molecular weight is 261 g/mol. The quantitative estimate of drug-likeness (QED) is 0.903. The summed E-state index contributed by atoms with van der Waals surface area (Å²) in [6.45, 7) is 0. The highest BCUT2D eigenvalue weighted by molar-refractivity contribution is 5.90. The molecular formula is C14H12FNO3. The van der Waals surface area contributed by atoms with Gasteiger partial charge in [0.1, 0.15) is 17.3 Å². The fourth-order valence-corrected chi connectivity index (χ4v) is 1.52. The Labute approximate surface area is 109 Å². The molecule has 0 unspecified atom stereocenters. The number of rotatable bonds is 2. The molecule has 0 atom stereocenters. The molecule has 0 aliphatic carbocycles. The molecule has 0 radical (unpaired) electrons. The van der Waals surface area contributed by atoms with Crippen molar-refractivity contribution in [1.82, 2.24) is 0 Å². The first-order chi connectivity index (χ1) is 9.08.